The highest BCUT2D eigenvalue weighted by Gasteiger charge is 2.34. The van der Waals surface area contributed by atoms with Gasteiger partial charge in [-0.1, -0.05) is 0 Å². The van der Waals surface area contributed by atoms with E-state index in [1.54, 1.807) is 18.2 Å². The Labute approximate surface area is 160 Å². The van der Waals surface area contributed by atoms with Crippen LogP contribution in [0.5, 0.6) is 0 Å². The molecule has 7 nitrogen and oxygen atoms in total. The fourth-order valence-corrected chi connectivity index (χ4v) is 2.19. The predicted octanol–water partition coefficient (Wildman–Crippen LogP) is 2.22. The number of amides is 1. The SMILES string of the molecule is CN=C(NCCc1ccco1)NC1CN(C(=O)OC(C)(C)C)C1.I. The van der Waals surface area contributed by atoms with Crippen LogP contribution in [-0.4, -0.2) is 55.3 Å². The van der Waals surface area contributed by atoms with Gasteiger partial charge in [0.2, 0.25) is 0 Å². The van der Waals surface area contributed by atoms with Crippen molar-refractivity contribution in [2.45, 2.75) is 38.8 Å². The average Bonchev–Trinajstić information content (AvgIpc) is 2.91. The monoisotopic (exact) mass is 450 g/mol. The van der Waals surface area contributed by atoms with Crippen LogP contribution in [0.15, 0.2) is 27.8 Å². The molecule has 1 aliphatic heterocycles. The number of ether oxygens (including phenoxy) is 1. The zero-order chi connectivity index (χ0) is 16.9. The molecule has 0 aromatic carbocycles. The molecule has 0 bridgehead atoms. The lowest BCUT2D eigenvalue weighted by Crippen LogP contribution is -2.63. The largest absolute Gasteiger partial charge is 0.469 e. The number of hydrogen-bond donors (Lipinski definition) is 2. The molecular formula is C16H27IN4O3. The summed E-state index contributed by atoms with van der Waals surface area (Å²) in [6.45, 7) is 7.57. The fourth-order valence-electron chi connectivity index (χ4n) is 2.19. The Bertz CT molecular complexity index is 534. The van der Waals surface area contributed by atoms with E-state index in [9.17, 15) is 4.79 Å². The summed E-state index contributed by atoms with van der Waals surface area (Å²) in [5.41, 5.74) is -0.459. The Kier molecular flexibility index (Phi) is 7.85. The number of nitrogens with zero attached hydrogens (tertiary/aromatic N) is 2. The van der Waals surface area contributed by atoms with Crippen LogP contribution in [0.1, 0.15) is 26.5 Å². The average molecular weight is 450 g/mol. The van der Waals surface area contributed by atoms with Gasteiger partial charge >= 0.3 is 6.09 Å². The Morgan fingerprint density at radius 3 is 2.71 bits per heavy atom. The second-order valence-corrected chi connectivity index (χ2v) is 6.55. The molecule has 2 heterocycles. The van der Waals surface area contributed by atoms with Crippen LogP contribution in [-0.2, 0) is 11.2 Å². The number of rotatable bonds is 4. The molecule has 2 N–H and O–H groups in total. The van der Waals surface area contributed by atoms with Gasteiger partial charge in [-0.05, 0) is 32.9 Å². The normalized spacial score (nSPS) is 15.3. The lowest BCUT2D eigenvalue weighted by molar-refractivity contribution is 0.00701. The third-order valence-electron chi connectivity index (χ3n) is 3.34. The number of carbonyl (C=O) groups is 1. The standard InChI is InChI=1S/C16H26N4O3.HI/c1-16(2,3)23-15(21)20-10-12(11-20)19-14(17-4)18-8-7-13-6-5-9-22-13;/h5-6,9,12H,7-8,10-11H2,1-4H3,(H2,17,18,19);1H. The van der Waals surface area contributed by atoms with E-state index in [2.05, 4.69) is 15.6 Å². The molecule has 1 fully saturated rings. The summed E-state index contributed by atoms with van der Waals surface area (Å²) in [6, 6.07) is 4.02. The van der Waals surface area contributed by atoms with E-state index in [0.717, 1.165) is 24.7 Å². The lowest BCUT2D eigenvalue weighted by atomic mass is 10.1. The molecule has 1 saturated heterocycles. The first-order valence-corrected chi connectivity index (χ1v) is 7.85. The summed E-state index contributed by atoms with van der Waals surface area (Å²) < 4.78 is 10.6. The van der Waals surface area contributed by atoms with E-state index in [1.807, 2.05) is 32.9 Å². The van der Waals surface area contributed by atoms with Gasteiger partial charge in [-0.3, -0.25) is 4.99 Å². The van der Waals surface area contributed by atoms with Crippen LogP contribution < -0.4 is 10.6 Å². The summed E-state index contributed by atoms with van der Waals surface area (Å²) >= 11 is 0. The molecule has 1 aliphatic rings. The molecule has 1 aromatic heterocycles. The second-order valence-electron chi connectivity index (χ2n) is 6.55. The highest BCUT2D eigenvalue weighted by atomic mass is 127. The fraction of sp³-hybridized carbons (Fsp3) is 0.625. The Hall–Kier alpha value is -1.45. The minimum absolute atomic E-state index is 0. The quantitative estimate of drug-likeness (QED) is 0.418. The van der Waals surface area contributed by atoms with Crippen LogP contribution in [0.25, 0.3) is 0 Å². The molecule has 2 rings (SSSR count). The number of halogens is 1. The maximum atomic E-state index is 11.9. The van der Waals surface area contributed by atoms with Crippen molar-refractivity contribution in [3.8, 4) is 0 Å². The number of hydrogen-bond acceptors (Lipinski definition) is 4. The lowest BCUT2D eigenvalue weighted by Gasteiger charge is -2.40. The number of likely N-dealkylation sites (tertiary alicyclic amines) is 1. The number of guanidine groups is 1. The third-order valence-corrected chi connectivity index (χ3v) is 3.34. The summed E-state index contributed by atoms with van der Waals surface area (Å²) in [5.74, 6) is 1.66. The highest BCUT2D eigenvalue weighted by molar-refractivity contribution is 14.0. The van der Waals surface area contributed by atoms with Gasteiger partial charge in [-0.25, -0.2) is 4.79 Å². The molecule has 0 unspecified atom stereocenters. The molecular weight excluding hydrogens is 423 g/mol. The van der Waals surface area contributed by atoms with Gasteiger partial charge in [0.15, 0.2) is 5.96 Å². The van der Waals surface area contributed by atoms with Crippen molar-refractivity contribution >= 4 is 36.0 Å². The van der Waals surface area contributed by atoms with Crippen molar-refractivity contribution in [1.82, 2.24) is 15.5 Å². The molecule has 0 aliphatic carbocycles. The summed E-state index contributed by atoms with van der Waals surface area (Å²) in [7, 11) is 1.73. The van der Waals surface area contributed by atoms with Gasteiger partial charge in [0.1, 0.15) is 11.4 Å². The van der Waals surface area contributed by atoms with Gasteiger partial charge in [-0.15, -0.1) is 24.0 Å². The van der Waals surface area contributed by atoms with Gasteiger partial charge in [0, 0.05) is 33.1 Å². The predicted molar refractivity (Wildman–Crippen MR) is 104 cm³/mol. The Morgan fingerprint density at radius 1 is 1.46 bits per heavy atom. The van der Waals surface area contributed by atoms with E-state index < -0.39 is 5.60 Å². The number of carbonyl (C=O) groups excluding carboxylic acids is 1. The van der Waals surface area contributed by atoms with E-state index in [0.29, 0.717) is 13.1 Å². The summed E-state index contributed by atoms with van der Waals surface area (Å²) in [6.07, 6.45) is 2.20. The first-order chi connectivity index (χ1) is 10.9. The van der Waals surface area contributed by atoms with E-state index in [1.165, 1.54) is 0 Å². The minimum Gasteiger partial charge on any atom is -0.469 e. The number of aliphatic imine (C=N–C) groups is 1. The summed E-state index contributed by atoms with van der Waals surface area (Å²) in [5, 5.41) is 6.52. The molecule has 1 amide bonds. The Morgan fingerprint density at radius 2 is 2.17 bits per heavy atom. The van der Waals surface area contributed by atoms with E-state index in [4.69, 9.17) is 9.15 Å². The zero-order valence-corrected chi connectivity index (χ0v) is 17.0. The molecule has 0 spiro atoms. The highest BCUT2D eigenvalue weighted by Crippen LogP contribution is 2.15. The van der Waals surface area contributed by atoms with E-state index >= 15 is 0 Å². The molecule has 24 heavy (non-hydrogen) atoms. The van der Waals surface area contributed by atoms with Crippen LogP contribution in [0.3, 0.4) is 0 Å². The molecule has 136 valence electrons. The van der Waals surface area contributed by atoms with Crippen LogP contribution >= 0.6 is 24.0 Å². The van der Waals surface area contributed by atoms with Gasteiger partial charge in [0.25, 0.3) is 0 Å². The van der Waals surface area contributed by atoms with Crippen LogP contribution in [0, 0.1) is 0 Å². The summed E-state index contributed by atoms with van der Waals surface area (Å²) in [4.78, 5) is 17.7. The van der Waals surface area contributed by atoms with Crippen molar-refractivity contribution in [2.75, 3.05) is 26.7 Å². The van der Waals surface area contributed by atoms with Crippen molar-refractivity contribution < 1.29 is 13.9 Å². The Balaban J connectivity index is 0.00000288. The molecule has 1 aromatic rings. The molecule has 0 saturated carbocycles. The minimum atomic E-state index is -0.459. The van der Waals surface area contributed by atoms with Crippen molar-refractivity contribution in [3.63, 3.8) is 0 Å². The van der Waals surface area contributed by atoms with Gasteiger partial charge < -0.3 is 24.7 Å². The first kappa shape index (κ1) is 20.6. The first-order valence-electron chi connectivity index (χ1n) is 7.85. The maximum Gasteiger partial charge on any atom is 0.410 e. The van der Waals surface area contributed by atoms with Crippen molar-refractivity contribution in [1.29, 1.82) is 0 Å². The smallest absolute Gasteiger partial charge is 0.410 e. The molecule has 0 atom stereocenters. The zero-order valence-electron chi connectivity index (χ0n) is 14.7. The van der Waals surface area contributed by atoms with Gasteiger partial charge in [-0.2, -0.15) is 0 Å². The van der Waals surface area contributed by atoms with Crippen LogP contribution in [0.2, 0.25) is 0 Å². The topological polar surface area (TPSA) is 79.1 Å². The third kappa shape index (κ3) is 6.58. The number of furan rings is 1. The van der Waals surface area contributed by atoms with Gasteiger partial charge in [0.05, 0.1) is 12.3 Å². The second kappa shape index (κ2) is 9.14. The van der Waals surface area contributed by atoms with Crippen molar-refractivity contribution in [2.24, 2.45) is 4.99 Å². The molecule has 0 radical (unpaired) electrons. The molecule has 8 heteroatoms. The van der Waals surface area contributed by atoms with Crippen LogP contribution in [0.4, 0.5) is 4.79 Å². The maximum absolute atomic E-state index is 11.9. The number of nitrogens with one attached hydrogen (secondary N) is 2. The van der Waals surface area contributed by atoms with E-state index in [-0.39, 0.29) is 36.1 Å². The van der Waals surface area contributed by atoms with Crippen molar-refractivity contribution in [3.05, 3.63) is 24.2 Å².